The fourth-order valence-corrected chi connectivity index (χ4v) is 3.59. The van der Waals surface area contributed by atoms with Crippen molar-refractivity contribution in [2.24, 2.45) is 5.92 Å². The molecule has 2 aromatic rings. The second-order valence-corrected chi connectivity index (χ2v) is 7.95. The topological polar surface area (TPSA) is 67.8 Å². The van der Waals surface area contributed by atoms with Gasteiger partial charge in [-0.15, -0.1) is 0 Å². The van der Waals surface area contributed by atoms with E-state index >= 15 is 0 Å². The van der Waals surface area contributed by atoms with E-state index < -0.39 is 5.92 Å². The van der Waals surface area contributed by atoms with Crippen molar-refractivity contribution < 1.29 is 19.4 Å². The number of hydrogen-bond acceptors (Lipinski definition) is 4. The zero-order valence-corrected chi connectivity index (χ0v) is 18.3. The highest BCUT2D eigenvalue weighted by Crippen LogP contribution is 2.34. The molecule has 164 valence electrons. The summed E-state index contributed by atoms with van der Waals surface area (Å²) in [7, 11) is 1.64. The van der Waals surface area contributed by atoms with Crippen LogP contribution in [0.3, 0.4) is 0 Å². The smallest absolute Gasteiger partial charge is 0.225 e. The second kappa shape index (κ2) is 11.4. The molecule has 0 radical (unpaired) electrons. The Hall–Kier alpha value is -2.97. The zero-order chi connectivity index (χ0) is 22.1. The first kappa shape index (κ1) is 22.7. The van der Waals surface area contributed by atoms with Gasteiger partial charge in [-0.1, -0.05) is 43.0 Å². The third-order valence-corrected chi connectivity index (χ3v) is 5.55. The monoisotopic (exact) mass is 421 g/mol. The van der Waals surface area contributed by atoms with Gasteiger partial charge in [0.05, 0.1) is 31.7 Å². The van der Waals surface area contributed by atoms with Crippen molar-refractivity contribution in [3.8, 4) is 23.3 Å². The number of nitrogens with one attached hydrogen (secondary N) is 1. The minimum absolute atomic E-state index is 0.186. The molecular formula is C26H31NO4. The quantitative estimate of drug-likeness (QED) is 0.635. The van der Waals surface area contributed by atoms with Gasteiger partial charge >= 0.3 is 0 Å². The largest absolute Gasteiger partial charge is 0.493 e. The predicted octanol–water partition coefficient (Wildman–Crippen LogP) is 3.90. The van der Waals surface area contributed by atoms with Gasteiger partial charge in [0, 0.05) is 12.1 Å². The Morgan fingerprint density at radius 3 is 2.58 bits per heavy atom. The molecule has 5 heteroatoms. The first-order valence-corrected chi connectivity index (χ1v) is 10.9. The molecule has 2 aromatic carbocycles. The Morgan fingerprint density at radius 1 is 1.16 bits per heavy atom. The van der Waals surface area contributed by atoms with Crippen LogP contribution in [0.2, 0.25) is 0 Å². The van der Waals surface area contributed by atoms with E-state index in [1.165, 1.54) is 12.8 Å². The Morgan fingerprint density at radius 2 is 1.90 bits per heavy atom. The van der Waals surface area contributed by atoms with Gasteiger partial charge in [0.2, 0.25) is 5.91 Å². The van der Waals surface area contributed by atoms with Crippen LogP contribution >= 0.6 is 0 Å². The SMILES string of the molecule is COc1ccc(C(C#Cc2ccccc2)CNC(=O)C(C)CO)cc1OC1CCCC1. The summed E-state index contributed by atoms with van der Waals surface area (Å²) in [5, 5.41) is 12.2. The van der Waals surface area contributed by atoms with Gasteiger partial charge in [-0.2, -0.15) is 0 Å². The molecule has 5 nitrogen and oxygen atoms in total. The summed E-state index contributed by atoms with van der Waals surface area (Å²) in [5.41, 5.74) is 1.87. The molecule has 0 bridgehead atoms. The number of aliphatic hydroxyl groups excluding tert-OH is 1. The van der Waals surface area contributed by atoms with E-state index in [9.17, 15) is 9.90 Å². The minimum atomic E-state index is -0.458. The number of carbonyl (C=O) groups excluding carboxylic acids is 1. The Kier molecular flexibility index (Phi) is 8.37. The summed E-state index contributed by atoms with van der Waals surface area (Å²) in [4.78, 5) is 12.2. The normalized spacial score (nSPS) is 15.5. The zero-order valence-electron chi connectivity index (χ0n) is 18.3. The van der Waals surface area contributed by atoms with Crippen molar-refractivity contribution in [2.45, 2.75) is 44.6 Å². The van der Waals surface area contributed by atoms with Crippen molar-refractivity contribution in [1.82, 2.24) is 5.32 Å². The fraction of sp³-hybridized carbons (Fsp3) is 0.423. The summed E-state index contributed by atoms with van der Waals surface area (Å²) in [5.74, 6) is 7.04. The summed E-state index contributed by atoms with van der Waals surface area (Å²) in [6, 6.07) is 15.6. The lowest BCUT2D eigenvalue weighted by Crippen LogP contribution is -2.33. The van der Waals surface area contributed by atoms with E-state index in [4.69, 9.17) is 9.47 Å². The van der Waals surface area contributed by atoms with Gasteiger partial charge in [-0.25, -0.2) is 0 Å². The highest BCUT2D eigenvalue weighted by Gasteiger charge is 2.21. The lowest BCUT2D eigenvalue weighted by atomic mass is 9.98. The molecule has 1 fully saturated rings. The molecule has 0 aromatic heterocycles. The van der Waals surface area contributed by atoms with E-state index in [2.05, 4.69) is 17.2 Å². The van der Waals surface area contributed by atoms with Gasteiger partial charge < -0.3 is 19.9 Å². The summed E-state index contributed by atoms with van der Waals surface area (Å²) in [6.45, 7) is 1.85. The van der Waals surface area contributed by atoms with E-state index in [-0.39, 0.29) is 24.5 Å². The fourth-order valence-electron chi connectivity index (χ4n) is 3.59. The van der Waals surface area contributed by atoms with Crippen LogP contribution in [0.1, 0.15) is 49.7 Å². The van der Waals surface area contributed by atoms with Gasteiger partial charge in [-0.05, 0) is 55.5 Å². The molecule has 0 heterocycles. The summed E-state index contributed by atoms with van der Waals surface area (Å²) >= 11 is 0. The van der Waals surface area contributed by atoms with Gasteiger partial charge in [0.15, 0.2) is 11.5 Å². The molecule has 3 rings (SSSR count). The van der Waals surface area contributed by atoms with Crippen LogP contribution in [0.5, 0.6) is 11.5 Å². The van der Waals surface area contributed by atoms with Gasteiger partial charge in [0.1, 0.15) is 0 Å². The maximum atomic E-state index is 12.2. The van der Waals surface area contributed by atoms with E-state index in [0.29, 0.717) is 18.0 Å². The van der Waals surface area contributed by atoms with Crippen molar-refractivity contribution >= 4 is 5.91 Å². The molecule has 0 aliphatic heterocycles. The molecule has 31 heavy (non-hydrogen) atoms. The molecule has 2 unspecified atom stereocenters. The maximum Gasteiger partial charge on any atom is 0.225 e. The first-order chi connectivity index (χ1) is 15.1. The van der Waals surface area contributed by atoms with Gasteiger partial charge in [0.25, 0.3) is 0 Å². The van der Waals surface area contributed by atoms with Crippen molar-refractivity contribution in [2.75, 3.05) is 20.3 Å². The molecule has 1 amide bonds. The minimum Gasteiger partial charge on any atom is -0.493 e. The average Bonchev–Trinajstić information content (AvgIpc) is 3.32. The molecule has 0 spiro atoms. The number of methoxy groups -OCH3 is 1. The Labute approximate surface area is 184 Å². The van der Waals surface area contributed by atoms with Crippen LogP contribution < -0.4 is 14.8 Å². The third-order valence-electron chi connectivity index (χ3n) is 5.55. The highest BCUT2D eigenvalue weighted by atomic mass is 16.5. The van der Waals surface area contributed by atoms with Crippen molar-refractivity contribution in [1.29, 1.82) is 0 Å². The van der Waals surface area contributed by atoms with Crippen LogP contribution in [0.4, 0.5) is 0 Å². The van der Waals surface area contributed by atoms with Crippen LogP contribution in [0, 0.1) is 17.8 Å². The lowest BCUT2D eigenvalue weighted by Gasteiger charge is -2.19. The molecule has 0 saturated heterocycles. The first-order valence-electron chi connectivity index (χ1n) is 10.9. The highest BCUT2D eigenvalue weighted by molar-refractivity contribution is 5.78. The number of aliphatic hydroxyl groups is 1. The van der Waals surface area contributed by atoms with Crippen molar-refractivity contribution in [3.63, 3.8) is 0 Å². The molecule has 2 N–H and O–H groups in total. The molecule has 1 aliphatic rings. The lowest BCUT2D eigenvalue weighted by molar-refractivity contribution is -0.125. The number of ether oxygens (including phenoxy) is 2. The Bertz CT molecular complexity index is 910. The van der Waals surface area contributed by atoms with Gasteiger partial charge in [-0.3, -0.25) is 4.79 Å². The van der Waals surface area contributed by atoms with Crippen LogP contribution in [-0.4, -0.2) is 37.4 Å². The molecule has 2 atom stereocenters. The van der Waals surface area contributed by atoms with Crippen molar-refractivity contribution in [3.05, 3.63) is 59.7 Å². The molecule has 1 saturated carbocycles. The molecule has 1 aliphatic carbocycles. The molecular weight excluding hydrogens is 390 g/mol. The summed E-state index contributed by atoms with van der Waals surface area (Å²) in [6.07, 6.45) is 4.70. The predicted molar refractivity (Wildman–Crippen MR) is 121 cm³/mol. The summed E-state index contributed by atoms with van der Waals surface area (Å²) < 4.78 is 11.7. The van der Waals surface area contributed by atoms with Crippen LogP contribution in [0.25, 0.3) is 0 Å². The number of carbonyl (C=O) groups is 1. The number of amides is 1. The number of benzene rings is 2. The van der Waals surface area contributed by atoms with E-state index in [0.717, 1.165) is 24.0 Å². The van der Waals surface area contributed by atoms with E-state index in [1.54, 1.807) is 14.0 Å². The van der Waals surface area contributed by atoms with E-state index in [1.807, 2.05) is 48.5 Å². The second-order valence-electron chi connectivity index (χ2n) is 7.95. The maximum absolute atomic E-state index is 12.2. The third kappa shape index (κ3) is 6.50. The Balaban J connectivity index is 1.86. The number of rotatable bonds is 8. The standard InChI is InChI=1S/C26H31NO4/c1-19(18-28)26(29)27-17-22(13-12-20-8-4-3-5-9-20)21-14-15-24(30-2)25(16-21)31-23-10-6-7-11-23/h3-5,8-9,14-16,19,22-23,28H,6-7,10-11,17-18H2,1-2H3,(H,27,29). The van der Waals surface area contributed by atoms with Crippen LogP contribution in [-0.2, 0) is 4.79 Å². The average molecular weight is 422 g/mol. The van der Waals surface area contributed by atoms with Crippen LogP contribution in [0.15, 0.2) is 48.5 Å². The number of hydrogen-bond donors (Lipinski definition) is 2.